The summed E-state index contributed by atoms with van der Waals surface area (Å²) in [5.41, 5.74) is 3.35. The van der Waals surface area contributed by atoms with E-state index in [2.05, 4.69) is 10.3 Å². The van der Waals surface area contributed by atoms with Crippen molar-refractivity contribution in [2.75, 3.05) is 0 Å². The summed E-state index contributed by atoms with van der Waals surface area (Å²) in [6.45, 7) is 5.23. The monoisotopic (exact) mass is 471 g/mol. The number of thiophene rings is 1. The van der Waals surface area contributed by atoms with Gasteiger partial charge in [-0.3, -0.25) is 19.1 Å². The number of fused-ring (bicyclic) bond motifs is 3. The van der Waals surface area contributed by atoms with Crippen molar-refractivity contribution in [3.05, 3.63) is 69.1 Å². The lowest BCUT2D eigenvalue weighted by Crippen LogP contribution is -2.41. The molecule has 4 rings (SSSR count). The minimum atomic E-state index is -1.55. The molecule has 2 N–H and O–H groups in total. The second-order valence-corrected chi connectivity index (χ2v) is 9.24. The molecule has 0 radical (unpaired) electrons. The van der Waals surface area contributed by atoms with E-state index < -0.39 is 23.8 Å². The molecule has 2 atom stereocenters. The lowest BCUT2D eigenvalue weighted by molar-refractivity contribution is -0.141. The number of nitrogens with zero attached hydrogens (tertiary/aromatic N) is 3. The van der Waals surface area contributed by atoms with Crippen LogP contribution < -0.4 is 5.32 Å². The lowest BCUT2D eigenvalue weighted by Gasteiger charge is -2.14. The second-order valence-electron chi connectivity index (χ2n) is 7.72. The Kier molecular flexibility index (Phi) is 5.80. The van der Waals surface area contributed by atoms with Crippen molar-refractivity contribution in [2.45, 2.75) is 39.8 Å². The third-order valence-corrected chi connectivity index (χ3v) is 6.74. The molecular weight excluding hydrogens is 448 g/mol. The van der Waals surface area contributed by atoms with E-state index in [1.807, 2.05) is 41.8 Å². The number of hydrogen-bond donors (Lipinski definition) is 2. The maximum absolute atomic E-state index is 12.6. The van der Waals surface area contributed by atoms with Crippen molar-refractivity contribution in [2.24, 2.45) is 10.9 Å². The Morgan fingerprint density at radius 2 is 2.09 bits per heavy atom. The number of rotatable bonds is 6. The Morgan fingerprint density at radius 1 is 1.34 bits per heavy atom. The Hall–Kier alpha value is -2.97. The molecule has 2 aromatic heterocycles. The van der Waals surface area contributed by atoms with Crippen LogP contribution in [0.4, 0.5) is 0 Å². The van der Waals surface area contributed by atoms with E-state index in [0.717, 1.165) is 38.2 Å². The van der Waals surface area contributed by atoms with Gasteiger partial charge < -0.3 is 10.4 Å². The van der Waals surface area contributed by atoms with Crippen molar-refractivity contribution in [1.82, 2.24) is 14.9 Å². The van der Waals surface area contributed by atoms with Gasteiger partial charge in [-0.05, 0) is 32.4 Å². The topological polar surface area (TPSA) is 96.6 Å². The molecule has 9 heteroatoms. The first-order valence-corrected chi connectivity index (χ1v) is 11.3. The highest BCUT2D eigenvalue weighted by Gasteiger charge is 2.26. The van der Waals surface area contributed by atoms with Gasteiger partial charge in [0, 0.05) is 40.2 Å². The van der Waals surface area contributed by atoms with Crippen LogP contribution in [0.1, 0.15) is 42.7 Å². The van der Waals surface area contributed by atoms with Crippen LogP contribution in [0.25, 0.3) is 5.00 Å². The number of hydrogen-bond acceptors (Lipinski definition) is 5. The summed E-state index contributed by atoms with van der Waals surface area (Å²) in [5.74, 6) is -2.54. The van der Waals surface area contributed by atoms with Gasteiger partial charge in [0.25, 0.3) is 0 Å². The largest absolute Gasteiger partial charge is 0.480 e. The van der Waals surface area contributed by atoms with Gasteiger partial charge >= 0.3 is 5.97 Å². The number of amides is 1. The molecule has 32 heavy (non-hydrogen) atoms. The van der Waals surface area contributed by atoms with Gasteiger partial charge in [0.2, 0.25) is 5.91 Å². The molecule has 166 valence electrons. The zero-order valence-corrected chi connectivity index (χ0v) is 19.4. The fraction of sp³-hybridized carbons (Fsp3) is 0.304. The van der Waals surface area contributed by atoms with Gasteiger partial charge in [-0.25, -0.2) is 4.98 Å². The number of carbonyl (C=O) groups is 2. The number of aryl methyl sites for hydroxylation is 1. The number of carboxylic acid groups (broad SMARTS) is 1. The Morgan fingerprint density at radius 3 is 2.81 bits per heavy atom. The molecule has 0 aliphatic carbocycles. The van der Waals surface area contributed by atoms with Crippen LogP contribution in [0, 0.1) is 12.8 Å². The molecule has 2 unspecified atom stereocenters. The molecule has 1 aliphatic heterocycles. The molecule has 1 aromatic carbocycles. The van der Waals surface area contributed by atoms with Gasteiger partial charge in [0.15, 0.2) is 0 Å². The molecule has 7 nitrogen and oxygen atoms in total. The third-order valence-electron chi connectivity index (χ3n) is 5.29. The Bertz CT molecular complexity index is 1280. The molecule has 0 fully saturated rings. The zero-order chi connectivity index (χ0) is 23.9. The van der Waals surface area contributed by atoms with Gasteiger partial charge in [0.1, 0.15) is 16.9 Å². The van der Waals surface area contributed by atoms with Crippen molar-refractivity contribution in [3.63, 3.8) is 0 Å². The maximum Gasteiger partial charge on any atom is 0.325 e. The SMILES string of the molecule is [2H]C(C)(Cc1cc2c(s1)-n1c(C)cnc1CN=C2c1ccccc1Cl)C(=O)NC(C)C(=O)O. The molecule has 0 bridgehead atoms. The van der Waals surface area contributed by atoms with Crippen LogP contribution in [0.15, 0.2) is 41.5 Å². The van der Waals surface area contributed by atoms with Crippen molar-refractivity contribution >= 4 is 40.5 Å². The smallest absolute Gasteiger partial charge is 0.325 e. The average Bonchev–Trinajstić information content (AvgIpc) is 3.27. The van der Waals surface area contributed by atoms with E-state index >= 15 is 0 Å². The first-order valence-electron chi connectivity index (χ1n) is 10.6. The Balaban J connectivity index is 1.75. The van der Waals surface area contributed by atoms with Crippen LogP contribution in [0.3, 0.4) is 0 Å². The predicted molar refractivity (Wildman–Crippen MR) is 125 cm³/mol. The highest BCUT2D eigenvalue weighted by atomic mass is 35.5. The van der Waals surface area contributed by atoms with E-state index in [0.29, 0.717) is 11.6 Å². The summed E-state index contributed by atoms with van der Waals surface area (Å²) in [6, 6.07) is 8.37. The van der Waals surface area contributed by atoms with Crippen molar-refractivity contribution in [3.8, 4) is 5.00 Å². The third kappa shape index (κ3) is 4.20. The molecule has 1 amide bonds. The van der Waals surface area contributed by atoms with Crippen molar-refractivity contribution in [1.29, 1.82) is 0 Å². The minimum Gasteiger partial charge on any atom is -0.480 e. The van der Waals surface area contributed by atoms with Gasteiger partial charge in [0.05, 0.1) is 12.3 Å². The summed E-state index contributed by atoms with van der Waals surface area (Å²) in [6.07, 6.45) is 1.91. The molecule has 3 aromatic rings. The van der Waals surface area contributed by atoms with Crippen LogP contribution in [0.2, 0.25) is 5.02 Å². The average molecular weight is 472 g/mol. The summed E-state index contributed by atoms with van der Waals surface area (Å²) >= 11 is 7.96. The number of imidazole rings is 1. The van der Waals surface area contributed by atoms with Gasteiger partial charge in [-0.1, -0.05) is 36.7 Å². The van der Waals surface area contributed by atoms with Gasteiger partial charge in [-0.2, -0.15) is 0 Å². The number of carboxylic acids is 1. The van der Waals surface area contributed by atoms with E-state index in [1.54, 1.807) is 6.20 Å². The Labute approximate surface area is 196 Å². The number of benzene rings is 1. The highest BCUT2D eigenvalue weighted by molar-refractivity contribution is 7.15. The van der Waals surface area contributed by atoms with E-state index in [-0.39, 0.29) is 6.42 Å². The quantitative estimate of drug-likeness (QED) is 0.567. The minimum absolute atomic E-state index is 0.113. The predicted octanol–water partition coefficient (Wildman–Crippen LogP) is 4.01. The van der Waals surface area contributed by atoms with Crippen LogP contribution in [0.5, 0.6) is 0 Å². The fourth-order valence-corrected chi connectivity index (χ4v) is 5.12. The second kappa shape index (κ2) is 8.88. The maximum atomic E-state index is 12.6. The van der Waals surface area contributed by atoms with E-state index in [1.165, 1.54) is 25.2 Å². The lowest BCUT2D eigenvalue weighted by atomic mass is 10.0. The molecule has 1 aliphatic rings. The molecule has 0 saturated heterocycles. The molecule has 0 spiro atoms. The van der Waals surface area contributed by atoms with E-state index in [4.69, 9.17) is 23.1 Å². The summed E-state index contributed by atoms with van der Waals surface area (Å²) in [4.78, 5) is 33.8. The number of carbonyl (C=O) groups excluding carboxylic acids is 1. The number of aromatic nitrogens is 2. The summed E-state index contributed by atoms with van der Waals surface area (Å²) in [5, 5.41) is 13.0. The summed E-state index contributed by atoms with van der Waals surface area (Å²) in [7, 11) is 0. The first-order chi connectivity index (χ1) is 15.6. The summed E-state index contributed by atoms with van der Waals surface area (Å²) < 4.78 is 10.6. The number of aliphatic carboxylic acids is 1. The normalized spacial score (nSPS) is 16.0. The molecule has 3 heterocycles. The van der Waals surface area contributed by atoms with Crippen molar-refractivity contribution < 1.29 is 16.1 Å². The van der Waals surface area contributed by atoms with Crippen LogP contribution in [-0.2, 0) is 22.6 Å². The number of nitrogens with one attached hydrogen (secondary N) is 1. The fourth-order valence-electron chi connectivity index (χ4n) is 3.57. The zero-order valence-electron chi connectivity index (χ0n) is 18.8. The molecule has 0 saturated carbocycles. The van der Waals surface area contributed by atoms with E-state index in [9.17, 15) is 9.59 Å². The highest BCUT2D eigenvalue weighted by Crippen LogP contribution is 2.35. The van der Waals surface area contributed by atoms with Crippen LogP contribution >= 0.6 is 22.9 Å². The first kappa shape index (κ1) is 20.9. The standard InChI is InChI=1S/C23H23ClN4O3S/c1-12(21(29)27-14(3)23(30)31)8-15-9-17-20(16-6-4-5-7-18(16)24)26-11-19-25-10-13(2)28(19)22(17)32-15/h4-7,9-10,12,14H,8,11H2,1-3H3,(H,27,29)(H,30,31)/i12D. The number of aliphatic imine (C=N–C) groups is 1. The van der Waals surface area contributed by atoms with Crippen LogP contribution in [-0.4, -0.2) is 38.3 Å². The molecular formula is C23H23ClN4O3S. The number of halogens is 1. The van der Waals surface area contributed by atoms with Gasteiger partial charge in [-0.15, -0.1) is 11.3 Å².